The highest BCUT2D eigenvalue weighted by atomic mass is 14.7. The van der Waals surface area contributed by atoms with Crippen molar-refractivity contribution in [1.29, 1.82) is 0 Å². The van der Waals surface area contributed by atoms with Gasteiger partial charge in [-0.25, -0.2) is 0 Å². The molecule has 2 aliphatic carbocycles. The summed E-state index contributed by atoms with van der Waals surface area (Å²) >= 11 is 0. The maximum atomic E-state index is 6.64. The van der Waals surface area contributed by atoms with Gasteiger partial charge in [-0.3, -0.25) is 0 Å². The van der Waals surface area contributed by atoms with Crippen LogP contribution in [-0.2, 0) is 0 Å². The second-order valence-electron chi connectivity index (χ2n) is 6.78. The molecule has 0 aromatic carbocycles. The van der Waals surface area contributed by atoms with Gasteiger partial charge < -0.3 is 5.73 Å². The molecule has 2 atom stereocenters. The summed E-state index contributed by atoms with van der Waals surface area (Å²) in [6.45, 7) is 2.33. The number of hydrogen-bond acceptors (Lipinski definition) is 1. The minimum Gasteiger partial charge on any atom is -0.325 e. The third-order valence-electron chi connectivity index (χ3n) is 5.33. The van der Waals surface area contributed by atoms with Gasteiger partial charge in [0.05, 0.1) is 0 Å². The van der Waals surface area contributed by atoms with E-state index in [2.05, 4.69) is 6.92 Å². The largest absolute Gasteiger partial charge is 0.325 e. The molecule has 0 aliphatic heterocycles. The predicted molar refractivity (Wildman–Crippen MR) is 75.0 cm³/mol. The Morgan fingerprint density at radius 1 is 1.00 bits per heavy atom. The minimum absolute atomic E-state index is 0.205. The first-order valence-electron chi connectivity index (χ1n) is 8.01. The van der Waals surface area contributed by atoms with Crippen molar-refractivity contribution in [1.82, 2.24) is 0 Å². The standard InChI is InChI=1S/C16H31N/c1-2-14-9-6-11-16(17,13-14)12-10-15-7-4-3-5-8-15/h14-15H,2-13,17H2,1H3. The lowest BCUT2D eigenvalue weighted by Crippen LogP contribution is -2.44. The zero-order valence-corrected chi connectivity index (χ0v) is 11.7. The van der Waals surface area contributed by atoms with E-state index in [9.17, 15) is 0 Å². The lowest BCUT2D eigenvalue weighted by atomic mass is 9.71. The summed E-state index contributed by atoms with van der Waals surface area (Å²) in [5.74, 6) is 1.92. The molecule has 0 aromatic rings. The van der Waals surface area contributed by atoms with Gasteiger partial charge in [0, 0.05) is 5.54 Å². The summed E-state index contributed by atoms with van der Waals surface area (Å²) in [6, 6.07) is 0. The van der Waals surface area contributed by atoms with Crippen LogP contribution in [0.4, 0.5) is 0 Å². The molecule has 2 aliphatic rings. The average Bonchev–Trinajstić information content (AvgIpc) is 2.38. The fourth-order valence-corrected chi connectivity index (χ4v) is 4.06. The van der Waals surface area contributed by atoms with Crippen LogP contribution in [0.5, 0.6) is 0 Å². The van der Waals surface area contributed by atoms with Gasteiger partial charge in [0.15, 0.2) is 0 Å². The first-order chi connectivity index (χ1) is 8.22. The molecule has 0 heterocycles. The zero-order chi connectivity index (χ0) is 12.1. The van der Waals surface area contributed by atoms with Crippen LogP contribution < -0.4 is 5.73 Å². The first kappa shape index (κ1) is 13.4. The van der Waals surface area contributed by atoms with E-state index in [0.717, 1.165) is 11.8 Å². The van der Waals surface area contributed by atoms with Gasteiger partial charge in [0.2, 0.25) is 0 Å². The van der Waals surface area contributed by atoms with Crippen molar-refractivity contribution in [3.8, 4) is 0 Å². The van der Waals surface area contributed by atoms with E-state index in [0.29, 0.717) is 0 Å². The Kier molecular flexibility index (Phi) is 4.90. The molecule has 0 spiro atoms. The normalized spacial score (nSPS) is 36.0. The second-order valence-corrected chi connectivity index (χ2v) is 6.78. The SMILES string of the molecule is CCC1CCCC(N)(CCC2CCCCC2)C1. The van der Waals surface area contributed by atoms with E-state index < -0.39 is 0 Å². The zero-order valence-electron chi connectivity index (χ0n) is 11.7. The molecule has 1 nitrogen and oxygen atoms in total. The Hall–Kier alpha value is -0.0400. The van der Waals surface area contributed by atoms with E-state index in [1.807, 2.05) is 0 Å². The average molecular weight is 237 g/mol. The van der Waals surface area contributed by atoms with Gasteiger partial charge in [-0.1, -0.05) is 58.3 Å². The molecule has 0 bridgehead atoms. The van der Waals surface area contributed by atoms with Crippen LogP contribution in [0.25, 0.3) is 0 Å². The highest BCUT2D eigenvalue weighted by molar-refractivity contribution is 4.91. The van der Waals surface area contributed by atoms with Gasteiger partial charge >= 0.3 is 0 Å². The van der Waals surface area contributed by atoms with Crippen molar-refractivity contribution in [2.24, 2.45) is 17.6 Å². The van der Waals surface area contributed by atoms with Gasteiger partial charge in [-0.15, -0.1) is 0 Å². The summed E-state index contributed by atoms with van der Waals surface area (Å²) in [6.07, 6.45) is 16.8. The lowest BCUT2D eigenvalue weighted by Gasteiger charge is -2.39. The minimum atomic E-state index is 0.205. The van der Waals surface area contributed by atoms with Gasteiger partial charge in [-0.05, 0) is 37.5 Å². The van der Waals surface area contributed by atoms with Crippen molar-refractivity contribution in [3.63, 3.8) is 0 Å². The third-order valence-corrected chi connectivity index (χ3v) is 5.33. The number of hydrogen-bond donors (Lipinski definition) is 1. The van der Waals surface area contributed by atoms with Crippen LogP contribution in [0.3, 0.4) is 0 Å². The Morgan fingerprint density at radius 2 is 1.71 bits per heavy atom. The van der Waals surface area contributed by atoms with Crippen LogP contribution >= 0.6 is 0 Å². The Balaban J connectivity index is 1.75. The first-order valence-corrected chi connectivity index (χ1v) is 8.01. The molecule has 2 saturated carbocycles. The highest BCUT2D eigenvalue weighted by Crippen LogP contribution is 2.37. The number of nitrogens with two attached hydrogens (primary N) is 1. The molecule has 17 heavy (non-hydrogen) atoms. The third kappa shape index (κ3) is 3.98. The summed E-state index contributed by atoms with van der Waals surface area (Å²) in [5, 5.41) is 0. The van der Waals surface area contributed by atoms with Crippen LogP contribution in [0.1, 0.15) is 84.0 Å². The molecule has 2 unspecified atom stereocenters. The van der Waals surface area contributed by atoms with E-state index in [4.69, 9.17) is 5.73 Å². The molecule has 0 amide bonds. The summed E-state index contributed by atoms with van der Waals surface area (Å²) in [7, 11) is 0. The van der Waals surface area contributed by atoms with Crippen molar-refractivity contribution >= 4 is 0 Å². The smallest absolute Gasteiger partial charge is 0.0157 e. The van der Waals surface area contributed by atoms with Crippen LogP contribution in [0.15, 0.2) is 0 Å². The van der Waals surface area contributed by atoms with E-state index in [1.54, 1.807) is 0 Å². The van der Waals surface area contributed by atoms with E-state index >= 15 is 0 Å². The van der Waals surface area contributed by atoms with Gasteiger partial charge in [0.1, 0.15) is 0 Å². The fraction of sp³-hybridized carbons (Fsp3) is 1.00. The molecular formula is C16H31N. The van der Waals surface area contributed by atoms with E-state index in [-0.39, 0.29) is 5.54 Å². The van der Waals surface area contributed by atoms with Crippen molar-refractivity contribution < 1.29 is 0 Å². The molecule has 0 radical (unpaired) electrons. The molecule has 0 saturated heterocycles. The van der Waals surface area contributed by atoms with Crippen LogP contribution in [0.2, 0.25) is 0 Å². The molecule has 0 aromatic heterocycles. The quantitative estimate of drug-likeness (QED) is 0.757. The van der Waals surface area contributed by atoms with Crippen molar-refractivity contribution in [2.45, 2.75) is 89.5 Å². The molecular weight excluding hydrogens is 206 g/mol. The lowest BCUT2D eigenvalue weighted by molar-refractivity contribution is 0.188. The Labute approximate surface area is 108 Å². The van der Waals surface area contributed by atoms with E-state index in [1.165, 1.54) is 77.0 Å². The van der Waals surface area contributed by atoms with Crippen molar-refractivity contribution in [3.05, 3.63) is 0 Å². The highest BCUT2D eigenvalue weighted by Gasteiger charge is 2.32. The summed E-state index contributed by atoms with van der Waals surface area (Å²) < 4.78 is 0. The molecule has 2 fully saturated rings. The van der Waals surface area contributed by atoms with Gasteiger partial charge in [-0.2, -0.15) is 0 Å². The summed E-state index contributed by atoms with van der Waals surface area (Å²) in [4.78, 5) is 0. The van der Waals surface area contributed by atoms with Crippen LogP contribution in [0, 0.1) is 11.8 Å². The Bertz CT molecular complexity index is 220. The predicted octanol–water partition coefficient (Wildman–Crippen LogP) is 4.64. The topological polar surface area (TPSA) is 26.0 Å². The molecule has 2 rings (SSSR count). The monoisotopic (exact) mass is 237 g/mol. The van der Waals surface area contributed by atoms with Crippen LogP contribution in [-0.4, -0.2) is 5.54 Å². The second kappa shape index (κ2) is 6.22. The van der Waals surface area contributed by atoms with Crippen molar-refractivity contribution in [2.75, 3.05) is 0 Å². The molecule has 1 heteroatoms. The molecule has 100 valence electrons. The van der Waals surface area contributed by atoms with Gasteiger partial charge in [0.25, 0.3) is 0 Å². The molecule has 2 N–H and O–H groups in total. The summed E-state index contributed by atoms with van der Waals surface area (Å²) in [5.41, 5.74) is 6.85. The maximum absolute atomic E-state index is 6.64. The number of rotatable bonds is 4. The maximum Gasteiger partial charge on any atom is 0.0157 e. The fourth-order valence-electron chi connectivity index (χ4n) is 4.06. The Morgan fingerprint density at radius 3 is 2.41 bits per heavy atom.